The normalized spacial score (nSPS) is 25.4. The van der Waals surface area contributed by atoms with Gasteiger partial charge in [0.15, 0.2) is 0 Å². The first kappa shape index (κ1) is 15.3. The van der Waals surface area contributed by atoms with E-state index >= 15 is 0 Å². The average molecular weight is 277 g/mol. The highest BCUT2D eigenvalue weighted by molar-refractivity contribution is 5.28. The summed E-state index contributed by atoms with van der Waals surface area (Å²) in [7, 11) is 1.70. The van der Waals surface area contributed by atoms with Crippen LogP contribution in [0.1, 0.15) is 39.2 Å². The average Bonchev–Trinajstić information content (AvgIpc) is 2.47. The summed E-state index contributed by atoms with van der Waals surface area (Å²) in [4.78, 5) is 0. The Bertz CT molecular complexity index is 425. The van der Waals surface area contributed by atoms with Gasteiger partial charge in [-0.1, -0.05) is 26.0 Å². The van der Waals surface area contributed by atoms with Gasteiger partial charge in [-0.15, -0.1) is 0 Å². The fraction of sp³-hybridized carbons (Fsp3) is 0.647. The van der Waals surface area contributed by atoms with E-state index in [1.807, 2.05) is 12.1 Å². The van der Waals surface area contributed by atoms with E-state index < -0.39 is 0 Å². The fourth-order valence-electron chi connectivity index (χ4n) is 3.07. The molecule has 1 saturated heterocycles. The second kappa shape index (κ2) is 6.15. The third-order valence-corrected chi connectivity index (χ3v) is 4.43. The molecule has 0 spiro atoms. The first-order valence-corrected chi connectivity index (χ1v) is 7.58. The molecule has 3 heteroatoms. The molecule has 1 aromatic rings. The van der Waals surface area contributed by atoms with Crippen molar-refractivity contribution in [3.8, 4) is 5.75 Å². The number of methoxy groups -OCH3 is 1. The number of benzene rings is 1. The maximum absolute atomic E-state index is 6.53. The Morgan fingerprint density at radius 3 is 2.35 bits per heavy atom. The van der Waals surface area contributed by atoms with E-state index in [1.165, 1.54) is 5.56 Å². The highest BCUT2D eigenvalue weighted by Crippen LogP contribution is 2.32. The molecule has 3 nitrogen and oxygen atoms in total. The molecule has 20 heavy (non-hydrogen) atoms. The number of rotatable bonds is 5. The highest BCUT2D eigenvalue weighted by atomic mass is 16.5. The number of nitrogens with one attached hydrogen (secondary N) is 1. The van der Waals surface area contributed by atoms with Gasteiger partial charge in [0.2, 0.25) is 0 Å². The zero-order chi connectivity index (χ0) is 14.6. The highest BCUT2D eigenvalue weighted by Gasteiger charge is 2.40. The Morgan fingerprint density at radius 1 is 1.15 bits per heavy atom. The van der Waals surface area contributed by atoms with E-state index in [1.54, 1.807) is 7.11 Å². The summed E-state index contributed by atoms with van der Waals surface area (Å²) in [5.41, 5.74) is 1.14. The van der Waals surface area contributed by atoms with Crippen LogP contribution in [0.3, 0.4) is 0 Å². The minimum absolute atomic E-state index is 0.0144. The molecule has 1 aliphatic rings. The van der Waals surface area contributed by atoms with Crippen molar-refractivity contribution >= 4 is 0 Å². The Kier molecular flexibility index (Phi) is 4.71. The molecule has 0 amide bonds. The van der Waals surface area contributed by atoms with Crippen LogP contribution in [-0.2, 0) is 11.2 Å². The fourth-order valence-corrected chi connectivity index (χ4v) is 3.07. The van der Waals surface area contributed by atoms with Crippen LogP contribution in [0, 0.1) is 0 Å². The minimum atomic E-state index is -0.140. The van der Waals surface area contributed by atoms with Crippen molar-refractivity contribution in [2.24, 2.45) is 0 Å². The molecular formula is C17H27NO2. The molecule has 2 rings (SSSR count). The van der Waals surface area contributed by atoms with Gasteiger partial charge in [-0.25, -0.2) is 0 Å². The van der Waals surface area contributed by atoms with Crippen LogP contribution in [0.25, 0.3) is 0 Å². The maximum atomic E-state index is 6.53. The van der Waals surface area contributed by atoms with Crippen molar-refractivity contribution in [3.05, 3.63) is 29.8 Å². The van der Waals surface area contributed by atoms with Crippen molar-refractivity contribution in [2.75, 3.05) is 20.2 Å². The molecule has 1 atom stereocenters. The van der Waals surface area contributed by atoms with Crippen molar-refractivity contribution in [2.45, 2.75) is 51.2 Å². The number of ether oxygens (including phenoxy) is 2. The van der Waals surface area contributed by atoms with E-state index in [9.17, 15) is 0 Å². The lowest BCUT2D eigenvalue weighted by molar-refractivity contribution is -0.172. The van der Waals surface area contributed by atoms with Gasteiger partial charge in [0.1, 0.15) is 5.75 Å². The van der Waals surface area contributed by atoms with E-state index in [0.29, 0.717) is 0 Å². The summed E-state index contributed by atoms with van der Waals surface area (Å²) in [6.45, 7) is 8.50. The van der Waals surface area contributed by atoms with Gasteiger partial charge in [-0.2, -0.15) is 0 Å². The van der Waals surface area contributed by atoms with Gasteiger partial charge in [-0.05, 0) is 37.5 Å². The van der Waals surface area contributed by atoms with Crippen LogP contribution in [0.2, 0.25) is 0 Å². The van der Waals surface area contributed by atoms with Crippen LogP contribution < -0.4 is 10.1 Å². The van der Waals surface area contributed by atoms with Crippen molar-refractivity contribution in [1.29, 1.82) is 0 Å². The van der Waals surface area contributed by atoms with E-state index in [-0.39, 0.29) is 11.2 Å². The summed E-state index contributed by atoms with van der Waals surface area (Å²) < 4.78 is 11.7. The van der Waals surface area contributed by atoms with Gasteiger partial charge in [0.25, 0.3) is 0 Å². The molecule has 1 heterocycles. The molecule has 1 aromatic carbocycles. The van der Waals surface area contributed by atoms with Crippen molar-refractivity contribution in [1.82, 2.24) is 5.32 Å². The molecule has 1 aliphatic heterocycles. The monoisotopic (exact) mass is 277 g/mol. The Morgan fingerprint density at radius 2 is 1.80 bits per heavy atom. The molecule has 0 radical (unpaired) electrons. The third-order valence-electron chi connectivity index (χ3n) is 4.43. The van der Waals surface area contributed by atoms with Gasteiger partial charge >= 0.3 is 0 Å². The number of morpholine rings is 1. The summed E-state index contributed by atoms with van der Waals surface area (Å²) in [5, 5.41) is 3.56. The standard InChI is InChI=1S/C17H27NO2/c1-5-17(6-2)13-18-12-16(3,20-17)11-14-7-9-15(19-4)10-8-14/h7-10,18H,5-6,11-13H2,1-4H3. The molecular weight excluding hydrogens is 250 g/mol. The predicted molar refractivity (Wildman–Crippen MR) is 82.4 cm³/mol. The second-order valence-corrected chi connectivity index (χ2v) is 6.07. The summed E-state index contributed by atoms with van der Waals surface area (Å²) in [5.74, 6) is 0.901. The molecule has 1 unspecified atom stereocenters. The lowest BCUT2D eigenvalue weighted by Gasteiger charge is -2.47. The Labute approximate surface area is 122 Å². The van der Waals surface area contributed by atoms with Crippen molar-refractivity contribution < 1.29 is 9.47 Å². The maximum Gasteiger partial charge on any atom is 0.118 e. The largest absolute Gasteiger partial charge is 0.497 e. The van der Waals surface area contributed by atoms with E-state index in [2.05, 4.69) is 38.2 Å². The topological polar surface area (TPSA) is 30.5 Å². The summed E-state index contributed by atoms with van der Waals surface area (Å²) in [6, 6.07) is 8.28. The lowest BCUT2D eigenvalue weighted by Crippen LogP contribution is -2.59. The number of hydrogen-bond acceptors (Lipinski definition) is 3. The van der Waals surface area contributed by atoms with Gasteiger partial charge in [0, 0.05) is 19.5 Å². The van der Waals surface area contributed by atoms with Gasteiger partial charge < -0.3 is 14.8 Å². The molecule has 1 N–H and O–H groups in total. The molecule has 112 valence electrons. The third kappa shape index (κ3) is 3.33. The van der Waals surface area contributed by atoms with Crippen LogP contribution in [0.4, 0.5) is 0 Å². The summed E-state index contributed by atoms with van der Waals surface area (Å²) in [6.07, 6.45) is 3.02. The predicted octanol–water partition coefficient (Wildman–Crippen LogP) is 3.18. The van der Waals surface area contributed by atoms with E-state index in [0.717, 1.165) is 38.1 Å². The van der Waals surface area contributed by atoms with E-state index in [4.69, 9.17) is 9.47 Å². The molecule has 0 bridgehead atoms. The Balaban J connectivity index is 2.09. The molecule has 0 saturated carbocycles. The minimum Gasteiger partial charge on any atom is -0.497 e. The Hall–Kier alpha value is -1.06. The van der Waals surface area contributed by atoms with Crippen LogP contribution in [0.5, 0.6) is 5.75 Å². The van der Waals surface area contributed by atoms with Crippen LogP contribution in [-0.4, -0.2) is 31.4 Å². The lowest BCUT2D eigenvalue weighted by atomic mass is 9.88. The van der Waals surface area contributed by atoms with Crippen LogP contribution in [0.15, 0.2) is 24.3 Å². The molecule has 0 aromatic heterocycles. The number of hydrogen-bond donors (Lipinski definition) is 1. The first-order valence-electron chi connectivity index (χ1n) is 7.58. The molecule has 0 aliphatic carbocycles. The molecule has 1 fully saturated rings. The quantitative estimate of drug-likeness (QED) is 0.896. The first-order chi connectivity index (χ1) is 9.55. The SMILES string of the molecule is CCC1(CC)CNCC(C)(Cc2ccc(OC)cc2)O1. The van der Waals surface area contributed by atoms with Crippen LogP contribution >= 0.6 is 0 Å². The zero-order valence-corrected chi connectivity index (χ0v) is 13.2. The van der Waals surface area contributed by atoms with Crippen molar-refractivity contribution in [3.63, 3.8) is 0 Å². The van der Waals surface area contributed by atoms with Gasteiger partial charge in [0.05, 0.1) is 18.3 Å². The summed E-state index contributed by atoms with van der Waals surface area (Å²) >= 11 is 0. The smallest absolute Gasteiger partial charge is 0.118 e. The zero-order valence-electron chi connectivity index (χ0n) is 13.2. The second-order valence-electron chi connectivity index (χ2n) is 6.07. The van der Waals surface area contributed by atoms with Gasteiger partial charge in [-0.3, -0.25) is 0 Å².